The highest BCUT2D eigenvalue weighted by Crippen LogP contribution is 2.66. The summed E-state index contributed by atoms with van der Waals surface area (Å²) in [6.07, 6.45) is 3.38. The second-order valence-electron chi connectivity index (χ2n) is 11.0. The predicted molar refractivity (Wildman–Crippen MR) is 143 cm³/mol. The van der Waals surface area contributed by atoms with Crippen LogP contribution in [-0.2, 0) is 24.0 Å². The van der Waals surface area contributed by atoms with Crippen LogP contribution in [0.15, 0.2) is 29.8 Å². The number of alkyl halides is 2. The SMILES string of the molecule is COc1ccc([C@H]2C3=CC[C@@H]4C(=O)N(CCCCCC(=O)O)C(=O)[C@@H]4[C@@H]3C[C@@]3(Cl)C(=O)N(C)C(=O)[C@@]23Cl)c(O)c1. The van der Waals surface area contributed by atoms with Gasteiger partial charge in [-0.25, -0.2) is 0 Å². The number of benzene rings is 1. The molecule has 2 aliphatic carbocycles. The third-order valence-corrected chi connectivity index (χ3v) is 10.3. The highest BCUT2D eigenvalue weighted by Gasteiger charge is 2.76. The number of phenols is 1. The van der Waals surface area contributed by atoms with Crippen molar-refractivity contribution in [3.63, 3.8) is 0 Å². The second-order valence-corrected chi connectivity index (χ2v) is 12.2. The average Bonchev–Trinajstić information content (AvgIpc) is 3.23. The zero-order valence-corrected chi connectivity index (χ0v) is 23.6. The van der Waals surface area contributed by atoms with E-state index in [0.29, 0.717) is 30.6 Å². The Morgan fingerprint density at radius 1 is 1.07 bits per heavy atom. The van der Waals surface area contributed by atoms with Crippen LogP contribution in [0.4, 0.5) is 0 Å². The standard InChI is InChI=1S/C28H30Cl2N2O8/c1-31-25(38)27(29)13-18-15(22(28(27,30)26(31)39)16-8-7-14(40-2)12-19(16)33)9-10-17-21(18)24(37)32(23(17)36)11-5-3-4-6-20(34)35/h7-9,12,17-18,21-22,33H,3-6,10-11,13H2,1-2H3,(H,34,35)/t17-,18+,21-,22+,27+,28-/m0/s1. The van der Waals surface area contributed by atoms with Gasteiger partial charge in [0.05, 0.1) is 18.9 Å². The number of carboxylic acid groups (broad SMARTS) is 1. The summed E-state index contributed by atoms with van der Waals surface area (Å²) in [4.78, 5) is 63.1. The molecule has 2 heterocycles. The van der Waals surface area contributed by atoms with Gasteiger partial charge in [-0.05, 0) is 37.7 Å². The summed E-state index contributed by atoms with van der Waals surface area (Å²) < 4.78 is 5.20. The minimum Gasteiger partial charge on any atom is -0.508 e. The number of fused-ring (bicyclic) bond motifs is 4. The van der Waals surface area contributed by atoms with E-state index in [0.717, 1.165) is 4.90 Å². The van der Waals surface area contributed by atoms with E-state index in [1.807, 2.05) is 0 Å². The summed E-state index contributed by atoms with van der Waals surface area (Å²) in [6, 6.07) is 4.54. The summed E-state index contributed by atoms with van der Waals surface area (Å²) in [5, 5.41) is 19.9. The Morgan fingerprint density at radius 2 is 1.80 bits per heavy atom. The number of aromatic hydroxyl groups is 1. The number of halogens is 2. The first-order valence-electron chi connectivity index (χ1n) is 13.2. The van der Waals surface area contributed by atoms with Crippen LogP contribution >= 0.6 is 23.2 Å². The van der Waals surface area contributed by atoms with Crippen LogP contribution in [-0.4, -0.2) is 80.1 Å². The number of likely N-dealkylation sites (tertiary alicyclic amines) is 2. The molecule has 0 radical (unpaired) electrons. The third-order valence-electron chi connectivity index (χ3n) is 8.93. The number of phenolic OH excluding ortho intramolecular Hbond substituents is 1. The van der Waals surface area contributed by atoms with Crippen LogP contribution in [0.5, 0.6) is 11.5 Å². The Bertz CT molecular complexity index is 1350. The maximum absolute atomic E-state index is 13.7. The van der Waals surface area contributed by atoms with Gasteiger partial charge in [0.15, 0.2) is 9.75 Å². The number of nitrogens with zero attached hydrogens (tertiary/aromatic N) is 2. The van der Waals surface area contributed by atoms with E-state index < -0.39 is 51.2 Å². The molecule has 12 heteroatoms. The molecular weight excluding hydrogens is 563 g/mol. The lowest BCUT2D eigenvalue weighted by atomic mass is 9.56. The molecule has 2 N–H and O–H groups in total. The van der Waals surface area contributed by atoms with Crippen molar-refractivity contribution >= 4 is 52.8 Å². The van der Waals surface area contributed by atoms with Gasteiger partial charge in [-0.2, -0.15) is 0 Å². The number of carboxylic acids is 1. The number of allylic oxidation sites excluding steroid dienone is 2. The minimum absolute atomic E-state index is 0.0151. The van der Waals surface area contributed by atoms with Crippen LogP contribution in [0.25, 0.3) is 0 Å². The van der Waals surface area contributed by atoms with E-state index in [2.05, 4.69) is 0 Å². The molecule has 4 amide bonds. The smallest absolute Gasteiger partial charge is 0.303 e. The number of hydrogen-bond acceptors (Lipinski definition) is 7. The molecule has 2 saturated heterocycles. The first-order chi connectivity index (χ1) is 18.9. The van der Waals surface area contributed by atoms with Crippen molar-refractivity contribution in [2.75, 3.05) is 20.7 Å². The first kappa shape index (κ1) is 28.4. The molecule has 1 saturated carbocycles. The Labute approximate surface area is 240 Å². The maximum atomic E-state index is 13.7. The molecule has 5 rings (SSSR count). The van der Waals surface area contributed by atoms with E-state index in [4.69, 9.17) is 33.0 Å². The molecule has 0 spiro atoms. The highest BCUT2D eigenvalue weighted by molar-refractivity contribution is 6.53. The number of hydrogen-bond donors (Lipinski definition) is 2. The lowest BCUT2D eigenvalue weighted by Gasteiger charge is -2.50. The fourth-order valence-corrected chi connectivity index (χ4v) is 8.00. The topological polar surface area (TPSA) is 142 Å². The molecule has 0 aromatic heterocycles. The molecule has 3 fully saturated rings. The van der Waals surface area contributed by atoms with Gasteiger partial charge in [0.2, 0.25) is 11.8 Å². The first-order valence-corrected chi connectivity index (χ1v) is 14.0. The number of unbranched alkanes of at least 4 members (excludes halogenated alkanes) is 2. The summed E-state index contributed by atoms with van der Waals surface area (Å²) in [7, 11) is 2.75. The molecule has 214 valence electrons. The molecule has 10 nitrogen and oxygen atoms in total. The van der Waals surface area contributed by atoms with Crippen molar-refractivity contribution < 1.29 is 38.9 Å². The molecule has 1 aromatic rings. The van der Waals surface area contributed by atoms with E-state index in [1.165, 1.54) is 25.1 Å². The van der Waals surface area contributed by atoms with Crippen LogP contribution in [0.1, 0.15) is 50.0 Å². The van der Waals surface area contributed by atoms with Crippen molar-refractivity contribution in [3.8, 4) is 11.5 Å². The van der Waals surface area contributed by atoms with Gasteiger partial charge >= 0.3 is 5.97 Å². The van der Waals surface area contributed by atoms with Crippen LogP contribution in [0.2, 0.25) is 0 Å². The molecule has 0 bridgehead atoms. The molecule has 0 unspecified atom stereocenters. The third kappa shape index (κ3) is 3.94. The van der Waals surface area contributed by atoms with Crippen molar-refractivity contribution in [2.45, 2.75) is 54.2 Å². The fraction of sp³-hybridized carbons (Fsp3) is 0.536. The van der Waals surface area contributed by atoms with Gasteiger partial charge in [-0.1, -0.05) is 24.1 Å². The lowest BCUT2D eigenvalue weighted by molar-refractivity contribution is -0.141. The van der Waals surface area contributed by atoms with Gasteiger partial charge in [-0.15, -0.1) is 23.2 Å². The van der Waals surface area contributed by atoms with E-state index in [9.17, 15) is 29.1 Å². The number of aliphatic carboxylic acids is 1. The van der Waals surface area contributed by atoms with Crippen molar-refractivity contribution in [1.29, 1.82) is 0 Å². The summed E-state index contributed by atoms with van der Waals surface area (Å²) in [6.45, 7) is 0.167. The van der Waals surface area contributed by atoms with E-state index in [1.54, 1.807) is 18.2 Å². The Hall–Kier alpha value is -3.11. The molecule has 6 atom stereocenters. The van der Waals surface area contributed by atoms with Gasteiger partial charge in [0, 0.05) is 37.6 Å². The largest absolute Gasteiger partial charge is 0.508 e. The molecule has 2 aliphatic heterocycles. The molecule has 1 aromatic carbocycles. The number of imide groups is 2. The summed E-state index contributed by atoms with van der Waals surface area (Å²) in [5.74, 6) is -6.01. The van der Waals surface area contributed by atoms with E-state index in [-0.39, 0.29) is 48.9 Å². The van der Waals surface area contributed by atoms with Gasteiger partial charge in [0.25, 0.3) is 11.8 Å². The van der Waals surface area contributed by atoms with Gasteiger partial charge in [-0.3, -0.25) is 33.8 Å². The maximum Gasteiger partial charge on any atom is 0.303 e. The van der Waals surface area contributed by atoms with Crippen LogP contribution < -0.4 is 4.74 Å². The summed E-state index contributed by atoms with van der Waals surface area (Å²) >= 11 is 14.2. The average molecular weight is 593 g/mol. The zero-order valence-electron chi connectivity index (χ0n) is 22.1. The number of rotatable bonds is 8. The number of amides is 4. The Morgan fingerprint density at radius 3 is 2.45 bits per heavy atom. The van der Waals surface area contributed by atoms with Gasteiger partial charge in [0.1, 0.15) is 11.5 Å². The molecule has 4 aliphatic rings. The number of carbonyl (C=O) groups excluding carboxylic acids is 4. The van der Waals surface area contributed by atoms with Crippen LogP contribution in [0, 0.1) is 17.8 Å². The van der Waals surface area contributed by atoms with Crippen LogP contribution in [0.3, 0.4) is 0 Å². The van der Waals surface area contributed by atoms with E-state index >= 15 is 0 Å². The molecular formula is C28H30Cl2N2O8. The zero-order chi connectivity index (χ0) is 29.1. The Kier molecular flexibility index (Phi) is 7.15. The van der Waals surface area contributed by atoms with Crippen molar-refractivity contribution in [2.24, 2.45) is 17.8 Å². The second kappa shape index (κ2) is 10.1. The lowest BCUT2D eigenvalue weighted by Crippen LogP contribution is -2.60. The number of carbonyl (C=O) groups is 5. The number of methoxy groups -OCH3 is 1. The van der Waals surface area contributed by atoms with Crippen molar-refractivity contribution in [1.82, 2.24) is 9.80 Å². The fourth-order valence-electron chi connectivity index (χ4n) is 6.99. The molecule has 40 heavy (non-hydrogen) atoms. The highest BCUT2D eigenvalue weighted by atomic mass is 35.5. The normalized spacial score (nSPS) is 33.0. The quantitative estimate of drug-likeness (QED) is 0.203. The minimum atomic E-state index is -1.98. The predicted octanol–water partition coefficient (Wildman–Crippen LogP) is 3.03. The van der Waals surface area contributed by atoms with Crippen molar-refractivity contribution in [3.05, 3.63) is 35.4 Å². The van der Waals surface area contributed by atoms with Gasteiger partial charge < -0.3 is 14.9 Å². The summed E-state index contributed by atoms with van der Waals surface area (Å²) in [5.41, 5.74) is 0.854. The number of ether oxygens (including phenoxy) is 1. The Balaban J connectivity index is 1.54. The monoisotopic (exact) mass is 592 g/mol.